The van der Waals surface area contributed by atoms with Crippen molar-refractivity contribution < 1.29 is 0 Å². The van der Waals surface area contributed by atoms with E-state index < -0.39 is 0 Å². The van der Waals surface area contributed by atoms with Crippen LogP contribution in [0.25, 0.3) is 5.82 Å². The van der Waals surface area contributed by atoms with Crippen LogP contribution in [-0.2, 0) is 0 Å². The Morgan fingerprint density at radius 3 is 2.79 bits per heavy atom. The van der Waals surface area contributed by atoms with Crippen molar-refractivity contribution in [1.82, 2.24) is 19.7 Å². The van der Waals surface area contributed by atoms with Gasteiger partial charge in [-0.15, -0.1) is 0 Å². The number of nitrogen functional groups attached to an aromatic ring is 1. The molecule has 0 aliphatic carbocycles. The second-order valence-corrected chi connectivity index (χ2v) is 3.22. The Morgan fingerprint density at radius 2 is 2.21 bits per heavy atom. The number of aromatic nitrogens is 4. The lowest BCUT2D eigenvalue weighted by atomic mass is 10.4. The first-order valence-corrected chi connectivity index (χ1v) is 4.34. The number of anilines is 1. The first-order chi connectivity index (χ1) is 6.66. The molecule has 0 spiro atoms. The lowest BCUT2D eigenvalue weighted by molar-refractivity contribution is 0.833. The average Bonchev–Trinajstić information content (AvgIpc) is 2.51. The van der Waals surface area contributed by atoms with Crippen molar-refractivity contribution in [2.24, 2.45) is 0 Å². The van der Waals surface area contributed by atoms with Crippen molar-refractivity contribution in [2.45, 2.75) is 6.92 Å². The number of rotatable bonds is 1. The minimum atomic E-state index is 0.454. The minimum Gasteiger partial charge on any atom is -0.397 e. The lowest BCUT2D eigenvalue weighted by Crippen LogP contribution is -2.00. The van der Waals surface area contributed by atoms with Crippen LogP contribution in [0.3, 0.4) is 0 Å². The van der Waals surface area contributed by atoms with E-state index in [0.717, 1.165) is 0 Å². The van der Waals surface area contributed by atoms with E-state index in [9.17, 15) is 0 Å². The smallest absolute Gasteiger partial charge is 0.174 e. The number of hydrogen-bond acceptors (Lipinski definition) is 4. The molecule has 0 bridgehead atoms. The summed E-state index contributed by atoms with van der Waals surface area (Å²) in [5.41, 5.74) is 6.04. The lowest BCUT2D eigenvalue weighted by Gasteiger charge is -2.02. The summed E-state index contributed by atoms with van der Waals surface area (Å²) >= 11 is 5.94. The van der Waals surface area contributed by atoms with Gasteiger partial charge in [-0.3, -0.25) is 0 Å². The average molecular weight is 210 g/mol. The maximum atomic E-state index is 5.94. The van der Waals surface area contributed by atoms with E-state index in [4.69, 9.17) is 17.3 Å². The van der Waals surface area contributed by atoms with Crippen molar-refractivity contribution in [2.75, 3.05) is 5.73 Å². The third-order valence-electron chi connectivity index (χ3n) is 1.67. The molecule has 6 heteroatoms. The van der Waals surface area contributed by atoms with Gasteiger partial charge in [0.05, 0.1) is 16.9 Å². The van der Waals surface area contributed by atoms with Crippen LogP contribution in [0.5, 0.6) is 0 Å². The fraction of sp³-hybridized carbons (Fsp3) is 0.125. The predicted octanol–water partition coefficient (Wildman–Crippen LogP) is 1.21. The van der Waals surface area contributed by atoms with E-state index in [1.807, 2.05) is 0 Å². The zero-order valence-electron chi connectivity index (χ0n) is 7.48. The summed E-state index contributed by atoms with van der Waals surface area (Å²) in [6.07, 6.45) is 3.08. The quantitative estimate of drug-likeness (QED) is 0.767. The maximum absolute atomic E-state index is 5.94. The SMILES string of the molecule is Cc1ncn(-c2ncc(N)cc2Cl)n1. The predicted molar refractivity (Wildman–Crippen MR) is 53.3 cm³/mol. The molecule has 2 aromatic rings. The molecule has 0 amide bonds. The van der Waals surface area contributed by atoms with Gasteiger partial charge in [0.1, 0.15) is 12.2 Å². The van der Waals surface area contributed by atoms with Gasteiger partial charge in [-0.05, 0) is 13.0 Å². The molecular formula is C8H8ClN5. The van der Waals surface area contributed by atoms with Crippen molar-refractivity contribution >= 4 is 17.3 Å². The molecule has 2 N–H and O–H groups in total. The molecule has 0 aliphatic heterocycles. The van der Waals surface area contributed by atoms with Crippen LogP contribution in [0.1, 0.15) is 5.82 Å². The Bertz CT molecular complexity index is 465. The summed E-state index contributed by atoms with van der Waals surface area (Å²) in [6, 6.07) is 1.63. The van der Waals surface area contributed by atoms with Crippen LogP contribution in [0, 0.1) is 6.92 Å². The molecule has 0 aromatic carbocycles. The summed E-state index contributed by atoms with van der Waals surface area (Å²) in [5, 5.41) is 4.54. The molecule has 0 unspecified atom stereocenters. The van der Waals surface area contributed by atoms with Gasteiger partial charge in [0.25, 0.3) is 0 Å². The van der Waals surface area contributed by atoms with E-state index >= 15 is 0 Å². The summed E-state index contributed by atoms with van der Waals surface area (Å²) in [5.74, 6) is 1.20. The van der Waals surface area contributed by atoms with Crippen LogP contribution in [0.2, 0.25) is 5.02 Å². The third-order valence-corrected chi connectivity index (χ3v) is 1.94. The van der Waals surface area contributed by atoms with Crippen LogP contribution < -0.4 is 5.73 Å². The fourth-order valence-corrected chi connectivity index (χ4v) is 1.32. The number of nitrogens with zero attached hydrogens (tertiary/aromatic N) is 4. The van der Waals surface area contributed by atoms with Gasteiger partial charge < -0.3 is 5.73 Å². The zero-order chi connectivity index (χ0) is 10.1. The standard InChI is InChI=1S/C8H8ClN5/c1-5-12-4-14(13-5)8-7(9)2-6(10)3-11-8/h2-4H,10H2,1H3. The summed E-state index contributed by atoms with van der Waals surface area (Å²) in [6.45, 7) is 1.79. The van der Waals surface area contributed by atoms with Gasteiger partial charge in [0, 0.05) is 0 Å². The number of pyridine rings is 1. The van der Waals surface area contributed by atoms with Gasteiger partial charge in [-0.25, -0.2) is 14.6 Å². The van der Waals surface area contributed by atoms with Crippen molar-refractivity contribution in [3.05, 3.63) is 29.4 Å². The molecule has 2 heterocycles. The first-order valence-electron chi connectivity index (χ1n) is 3.96. The topological polar surface area (TPSA) is 69.6 Å². The van der Waals surface area contributed by atoms with Crippen LogP contribution in [0.4, 0.5) is 5.69 Å². The Balaban J connectivity index is 2.52. The molecule has 0 atom stereocenters. The second kappa shape index (κ2) is 3.26. The van der Waals surface area contributed by atoms with Crippen LogP contribution in [0.15, 0.2) is 18.6 Å². The van der Waals surface area contributed by atoms with E-state index in [0.29, 0.717) is 22.4 Å². The normalized spacial score (nSPS) is 10.4. The fourth-order valence-electron chi connectivity index (χ4n) is 1.06. The first kappa shape index (κ1) is 8.96. The number of aryl methyl sites for hydroxylation is 1. The second-order valence-electron chi connectivity index (χ2n) is 2.81. The minimum absolute atomic E-state index is 0.454. The van der Waals surface area contributed by atoms with Gasteiger partial charge in [0.2, 0.25) is 0 Å². The Kier molecular flexibility index (Phi) is 2.09. The Morgan fingerprint density at radius 1 is 1.43 bits per heavy atom. The summed E-state index contributed by atoms with van der Waals surface area (Å²) in [7, 11) is 0. The maximum Gasteiger partial charge on any atom is 0.174 e. The van der Waals surface area contributed by atoms with Crippen LogP contribution >= 0.6 is 11.6 Å². The summed E-state index contributed by atoms with van der Waals surface area (Å²) in [4.78, 5) is 8.04. The highest BCUT2D eigenvalue weighted by atomic mass is 35.5. The monoisotopic (exact) mass is 209 g/mol. The van der Waals surface area contributed by atoms with Crippen molar-refractivity contribution in [3.8, 4) is 5.82 Å². The van der Waals surface area contributed by atoms with Crippen molar-refractivity contribution in [1.29, 1.82) is 0 Å². The molecular weight excluding hydrogens is 202 g/mol. The number of halogens is 1. The molecule has 0 saturated carbocycles. The highest BCUT2D eigenvalue weighted by molar-refractivity contribution is 6.32. The van der Waals surface area contributed by atoms with Crippen molar-refractivity contribution in [3.63, 3.8) is 0 Å². The van der Waals surface area contributed by atoms with E-state index in [1.54, 1.807) is 19.3 Å². The van der Waals surface area contributed by atoms with E-state index in [1.165, 1.54) is 10.9 Å². The third kappa shape index (κ3) is 1.54. The molecule has 0 fully saturated rings. The highest BCUT2D eigenvalue weighted by Gasteiger charge is 2.06. The highest BCUT2D eigenvalue weighted by Crippen LogP contribution is 2.19. The molecule has 72 valence electrons. The largest absolute Gasteiger partial charge is 0.397 e. The zero-order valence-corrected chi connectivity index (χ0v) is 8.23. The Labute approximate surface area is 85.5 Å². The van der Waals surface area contributed by atoms with Gasteiger partial charge in [-0.1, -0.05) is 11.6 Å². The van der Waals surface area contributed by atoms with E-state index in [2.05, 4.69) is 15.1 Å². The molecule has 5 nitrogen and oxygen atoms in total. The van der Waals surface area contributed by atoms with Gasteiger partial charge in [-0.2, -0.15) is 5.10 Å². The molecule has 0 aliphatic rings. The van der Waals surface area contributed by atoms with E-state index in [-0.39, 0.29) is 0 Å². The number of hydrogen-bond donors (Lipinski definition) is 1. The Hall–Kier alpha value is -1.62. The molecule has 2 rings (SSSR count). The summed E-state index contributed by atoms with van der Waals surface area (Å²) < 4.78 is 1.51. The number of nitrogens with two attached hydrogens (primary N) is 1. The van der Waals surface area contributed by atoms with Gasteiger partial charge in [0.15, 0.2) is 5.82 Å². The van der Waals surface area contributed by atoms with Gasteiger partial charge >= 0.3 is 0 Å². The molecule has 14 heavy (non-hydrogen) atoms. The molecule has 0 saturated heterocycles. The molecule has 2 aromatic heterocycles. The van der Waals surface area contributed by atoms with Crippen LogP contribution in [-0.4, -0.2) is 19.7 Å². The molecule has 0 radical (unpaired) electrons.